The zero-order chi connectivity index (χ0) is 9.84. The zero-order valence-electron chi connectivity index (χ0n) is 7.60. The highest BCUT2D eigenvalue weighted by molar-refractivity contribution is 5.20. The monoisotopic (exact) mass is 181 g/mol. The minimum Gasteiger partial charge on any atom is -0.258 e. The maximum atomic E-state index is 10.3. The van der Waals surface area contributed by atoms with Gasteiger partial charge in [-0.1, -0.05) is 13.8 Å². The minimum absolute atomic E-state index is 0.0625. The van der Waals surface area contributed by atoms with Crippen molar-refractivity contribution >= 4 is 5.69 Å². The van der Waals surface area contributed by atoms with Crippen LogP contribution in [0.3, 0.4) is 0 Å². The molecule has 0 unspecified atom stereocenters. The summed E-state index contributed by atoms with van der Waals surface area (Å²) in [6.07, 6.45) is 3.23. The number of hydrogen-bond donors (Lipinski definition) is 0. The molecule has 1 heterocycles. The molecule has 0 spiro atoms. The lowest BCUT2D eigenvalue weighted by Gasteiger charge is -2.01. The molecule has 0 saturated heterocycles. The lowest BCUT2D eigenvalue weighted by Crippen LogP contribution is -2.01. The summed E-state index contributed by atoms with van der Waals surface area (Å²) in [7, 11) is 0. The summed E-state index contributed by atoms with van der Waals surface area (Å²) < 4.78 is 0. The largest absolute Gasteiger partial charge is 0.305 e. The fraction of sp³-hybridized carbons (Fsp3) is 0.500. The molecule has 0 aliphatic carbocycles. The van der Waals surface area contributed by atoms with Crippen LogP contribution in [0.2, 0.25) is 0 Å². The number of aromatic nitrogens is 2. The van der Waals surface area contributed by atoms with Crippen LogP contribution in [0.15, 0.2) is 12.4 Å². The van der Waals surface area contributed by atoms with Gasteiger partial charge in [-0.15, -0.1) is 0 Å². The summed E-state index contributed by atoms with van der Waals surface area (Å²) in [4.78, 5) is 17.5. The van der Waals surface area contributed by atoms with E-state index in [0.29, 0.717) is 11.7 Å². The van der Waals surface area contributed by atoms with Gasteiger partial charge in [0.2, 0.25) is 0 Å². The highest BCUT2D eigenvalue weighted by Crippen LogP contribution is 2.08. The van der Waals surface area contributed by atoms with Crippen LogP contribution in [-0.2, 0) is 6.42 Å². The molecule has 0 atom stereocenters. The molecule has 0 amide bonds. The maximum absolute atomic E-state index is 10.3. The second-order valence-electron chi connectivity index (χ2n) is 3.21. The molecule has 5 nitrogen and oxygen atoms in total. The van der Waals surface area contributed by atoms with Gasteiger partial charge < -0.3 is 0 Å². The standard InChI is InChI=1S/C8H11N3O2/c1-6(2)3-8-9-4-7(5-10-8)11(12)13/h4-6H,3H2,1-2H3. The smallest absolute Gasteiger partial charge is 0.258 e. The number of nitrogens with zero attached hydrogens (tertiary/aromatic N) is 3. The molecule has 5 heteroatoms. The molecule has 0 aliphatic heterocycles. The average molecular weight is 181 g/mol. The predicted octanol–water partition coefficient (Wildman–Crippen LogP) is 1.58. The Labute approximate surface area is 76.0 Å². The number of rotatable bonds is 3. The van der Waals surface area contributed by atoms with Gasteiger partial charge in [0.05, 0.1) is 4.92 Å². The molecule has 0 saturated carbocycles. The SMILES string of the molecule is CC(C)Cc1ncc([N+](=O)[O-])cn1. The Kier molecular flexibility index (Phi) is 2.89. The van der Waals surface area contributed by atoms with Gasteiger partial charge >= 0.3 is 5.69 Å². The second-order valence-corrected chi connectivity index (χ2v) is 3.21. The normalized spacial score (nSPS) is 10.4. The molecule has 0 aliphatic rings. The van der Waals surface area contributed by atoms with Gasteiger partial charge in [-0.3, -0.25) is 10.1 Å². The van der Waals surface area contributed by atoms with E-state index in [1.165, 1.54) is 12.4 Å². The Morgan fingerprint density at radius 3 is 2.38 bits per heavy atom. The third-order valence-corrected chi connectivity index (χ3v) is 1.49. The molecule has 70 valence electrons. The first-order valence-electron chi connectivity index (χ1n) is 4.05. The fourth-order valence-corrected chi connectivity index (χ4v) is 0.913. The molecule has 0 aromatic carbocycles. The molecular formula is C8H11N3O2. The molecule has 13 heavy (non-hydrogen) atoms. The maximum Gasteiger partial charge on any atom is 0.305 e. The number of hydrogen-bond acceptors (Lipinski definition) is 4. The quantitative estimate of drug-likeness (QED) is 0.524. The van der Waals surface area contributed by atoms with Crippen molar-refractivity contribution in [1.82, 2.24) is 9.97 Å². The van der Waals surface area contributed by atoms with Crippen molar-refractivity contribution in [1.29, 1.82) is 0 Å². The van der Waals surface area contributed by atoms with Gasteiger partial charge in [-0.05, 0) is 5.92 Å². The van der Waals surface area contributed by atoms with Crippen molar-refractivity contribution < 1.29 is 4.92 Å². The van der Waals surface area contributed by atoms with Crippen molar-refractivity contribution in [2.75, 3.05) is 0 Å². The molecule has 0 radical (unpaired) electrons. The Hall–Kier alpha value is -1.52. The minimum atomic E-state index is -0.501. The van der Waals surface area contributed by atoms with Crippen molar-refractivity contribution in [2.45, 2.75) is 20.3 Å². The average Bonchev–Trinajstić information content (AvgIpc) is 2.04. The van der Waals surface area contributed by atoms with E-state index in [1.54, 1.807) is 0 Å². The van der Waals surface area contributed by atoms with E-state index in [2.05, 4.69) is 9.97 Å². The molecule has 0 N–H and O–H groups in total. The van der Waals surface area contributed by atoms with Crippen LogP contribution in [0.25, 0.3) is 0 Å². The molecule has 1 rings (SSSR count). The third kappa shape index (κ3) is 2.77. The van der Waals surface area contributed by atoms with Gasteiger partial charge in [0, 0.05) is 6.42 Å². The highest BCUT2D eigenvalue weighted by Gasteiger charge is 2.07. The van der Waals surface area contributed by atoms with Crippen molar-refractivity contribution in [2.24, 2.45) is 5.92 Å². The van der Waals surface area contributed by atoms with Crippen LogP contribution in [0, 0.1) is 16.0 Å². The summed E-state index contributed by atoms with van der Waals surface area (Å²) in [6, 6.07) is 0. The fourth-order valence-electron chi connectivity index (χ4n) is 0.913. The first-order chi connectivity index (χ1) is 6.09. The van der Waals surface area contributed by atoms with Crippen molar-refractivity contribution in [3.05, 3.63) is 28.3 Å². The Morgan fingerprint density at radius 1 is 1.46 bits per heavy atom. The van der Waals surface area contributed by atoms with Crippen LogP contribution < -0.4 is 0 Å². The van der Waals surface area contributed by atoms with E-state index in [9.17, 15) is 10.1 Å². The van der Waals surface area contributed by atoms with E-state index in [0.717, 1.165) is 6.42 Å². The summed E-state index contributed by atoms with van der Waals surface area (Å²) >= 11 is 0. The predicted molar refractivity (Wildman–Crippen MR) is 47.2 cm³/mol. The summed E-state index contributed by atoms with van der Waals surface area (Å²) in [5.41, 5.74) is -0.0625. The van der Waals surface area contributed by atoms with E-state index in [4.69, 9.17) is 0 Å². The van der Waals surface area contributed by atoms with Crippen LogP contribution in [0.1, 0.15) is 19.7 Å². The van der Waals surface area contributed by atoms with Gasteiger partial charge in [0.25, 0.3) is 0 Å². The Morgan fingerprint density at radius 2 is 2.00 bits per heavy atom. The van der Waals surface area contributed by atoms with Crippen LogP contribution in [0.4, 0.5) is 5.69 Å². The Balaban J connectivity index is 2.75. The van der Waals surface area contributed by atoms with Crippen molar-refractivity contribution in [3.8, 4) is 0 Å². The van der Waals surface area contributed by atoms with E-state index in [1.807, 2.05) is 13.8 Å². The van der Waals surface area contributed by atoms with Crippen LogP contribution in [-0.4, -0.2) is 14.9 Å². The molecule has 0 fully saturated rings. The summed E-state index contributed by atoms with van der Waals surface area (Å²) in [6.45, 7) is 4.09. The Bertz CT molecular complexity index is 295. The molecule has 0 bridgehead atoms. The first-order valence-corrected chi connectivity index (χ1v) is 4.05. The van der Waals surface area contributed by atoms with Gasteiger partial charge in [-0.25, -0.2) is 9.97 Å². The second kappa shape index (κ2) is 3.93. The lowest BCUT2D eigenvalue weighted by atomic mass is 10.1. The molecular weight excluding hydrogens is 170 g/mol. The highest BCUT2D eigenvalue weighted by atomic mass is 16.6. The van der Waals surface area contributed by atoms with E-state index >= 15 is 0 Å². The van der Waals surface area contributed by atoms with E-state index < -0.39 is 4.92 Å². The summed E-state index contributed by atoms with van der Waals surface area (Å²) in [5.74, 6) is 1.11. The molecule has 1 aromatic rings. The first kappa shape index (κ1) is 9.57. The molecule has 1 aromatic heterocycles. The van der Waals surface area contributed by atoms with Crippen LogP contribution >= 0.6 is 0 Å². The van der Waals surface area contributed by atoms with Crippen LogP contribution in [0.5, 0.6) is 0 Å². The lowest BCUT2D eigenvalue weighted by molar-refractivity contribution is -0.385. The van der Waals surface area contributed by atoms with Gasteiger partial charge in [0.1, 0.15) is 18.2 Å². The van der Waals surface area contributed by atoms with E-state index in [-0.39, 0.29) is 5.69 Å². The van der Waals surface area contributed by atoms with Gasteiger partial charge in [-0.2, -0.15) is 0 Å². The zero-order valence-corrected chi connectivity index (χ0v) is 7.60. The summed E-state index contributed by atoms with van der Waals surface area (Å²) in [5, 5.41) is 10.3. The van der Waals surface area contributed by atoms with Gasteiger partial charge in [0.15, 0.2) is 0 Å². The van der Waals surface area contributed by atoms with Crippen molar-refractivity contribution in [3.63, 3.8) is 0 Å². The third-order valence-electron chi connectivity index (χ3n) is 1.49. The topological polar surface area (TPSA) is 68.9 Å². The number of nitro groups is 1.